The molecular formula is C29H32F2N4O4. The van der Waals surface area contributed by atoms with Gasteiger partial charge in [-0.05, 0) is 81.9 Å². The smallest absolute Gasteiger partial charge is 0.263 e. The SMILES string of the molecule is Cc1cc(=O)n([C@H]2C[C@@](C)(O)C2)c2ncc(OCCN3CCC4(CC3)C(=O)Nc3ccc(C(F)F)cc34)cc12. The predicted molar refractivity (Wildman–Crippen MR) is 143 cm³/mol. The zero-order valence-corrected chi connectivity index (χ0v) is 22.0. The van der Waals surface area contributed by atoms with Crippen LogP contribution in [0.4, 0.5) is 14.5 Å². The van der Waals surface area contributed by atoms with Crippen molar-refractivity contribution < 1.29 is 23.4 Å². The second-order valence-electron chi connectivity index (χ2n) is 11.5. The van der Waals surface area contributed by atoms with Crippen molar-refractivity contribution in [1.29, 1.82) is 0 Å². The highest BCUT2D eigenvalue weighted by Crippen LogP contribution is 2.46. The molecule has 1 spiro atoms. The van der Waals surface area contributed by atoms with Gasteiger partial charge in [0.1, 0.15) is 18.0 Å². The van der Waals surface area contributed by atoms with Crippen molar-refractivity contribution in [3.63, 3.8) is 0 Å². The van der Waals surface area contributed by atoms with Crippen molar-refractivity contribution in [2.24, 2.45) is 0 Å². The van der Waals surface area contributed by atoms with E-state index in [1.165, 1.54) is 12.1 Å². The maximum Gasteiger partial charge on any atom is 0.263 e. The van der Waals surface area contributed by atoms with Gasteiger partial charge >= 0.3 is 0 Å². The number of alkyl halides is 2. The average Bonchev–Trinajstić information content (AvgIpc) is 3.14. The van der Waals surface area contributed by atoms with E-state index < -0.39 is 17.4 Å². The number of fused-ring (bicyclic) bond motifs is 3. The van der Waals surface area contributed by atoms with Crippen LogP contribution in [0.25, 0.3) is 11.0 Å². The first-order valence-corrected chi connectivity index (χ1v) is 13.4. The zero-order valence-electron chi connectivity index (χ0n) is 22.0. The van der Waals surface area contributed by atoms with Gasteiger partial charge in [-0.1, -0.05) is 6.07 Å². The van der Waals surface area contributed by atoms with Gasteiger partial charge in [0.2, 0.25) is 5.91 Å². The molecule has 2 N–H and O–H groups in total. The Hall–Kier alpha value is -3.37. The highest BCUT2D eigenvalue weighted by molar-refractivity contribution is 6.06. The highest BCUT2D eigenvalue weighted by atomic mass is 19.3. The van der Waals surface area contributed by atoms with Crippen LogP contribution in [0.5, 0.6) is 5.75 Å². The number of piperidine rings is 1. The summed E-state index contributed by atoms with van der Waals surface area (Å²) in [5.41, 5.74) is 1.04. The number of carbonyl (C=O) groups is 1. The number of hydrogen-bond donors (Lipinski definition) is 2. The Morgan fingerprint density at radius 3 is 2.62 bits per heavy atom. The van der Waals surface area contributed by atoms with Gasteiger partial charge in [0.05, 0.1) is 17.2 Å². The van der Waals surface area contributed by atoms with Crippen molar-refractivity contribution in [2.45, 2.75) is 63.0 Å². The summed E-state index contributed by atoms with van der Waals surface area (Å²) in [6, 6.07) is 7.86. The summed E-state index contributed by atoms with van der Waals surface area (Å²) in [6.45, 7) is 6.03. The third-order valence-corrected chi connectivity index (χ3v) is 8.67. The molecule has 3 aliphatic rings. The van der Waals surface area contributed by atoms with Gasteiger partial charge in [-0.25, -0.2) is 13.8 Å². The van der Waals surface area contributed by atoms with Crippen LogP contribution in [-0.2, 0) is 10.2 Å². The molecule has 1 amide bonds. The molecule has 0 bridgehead atoms. The number of ether oxygens (including phenoxy) is 1. The minimum atomic E-state index is -2.57. The van der Waals surface area contributed by atoms with Crippen molar-refractivity contribution in [3.8, 4) is 5.75 Å². The number of benzene rings is 1. The first-order chi connectivity index (χ1) is 18.6. The molecule has 0 unspecified atom stereocenters. The molecule has 206 valence electrons. The molecule has 1 aromatic carbocycles. The van der Waals surface area contributed by atoms with E-state index in [0.29, 0.717) is 74.6 Å². The van der Waals surface area contributed by atoms with Crippen molar-refractivity contribution in [2.75, 3.05) is 31.6 Å². The molecule has 2 aromatic heterocycles. The van der Waals surface area contributed by atoms with Gasteiger partial charge < -0.3 is 15.2 Å². The van der Waals surface area contributed by atoms with E-state index in [4.69, 9.17) is 4.74 Å². The number of aryl methyl sites for hydroxylation is 1. The topological polar surface area (TPSA) is 96.7 Å². The number of hydrogen-bond acceptors (Lipinski definition) is 6. The number of nitrogens with one attached hydrogen (secondary N) is 1. The molecule has 0 radical (unpaired) electrons. The predicted octanol–water partition coefficient (Wildman–Crippen LogP) is 4.09. The van der Waals surface area contributed by atoms with E-state index in [1.807, 2.05) is 13.0 Å². The van der Waals surface area contributed by atoms with Gasteiger partial charge in [0, 0.05) is 35.3 Å². The van der Waals surface area contributed by atoms with E-state index in [2.05, 4.69) is 15.2 Å². The van der Waals surface area contributed by atoms with Crippen molar-refractivity contribution >= 4 is 22.6 Å². The van der Waals surface area contributed by atoms with Crippen LogP contribution >= 0.6 is 0 Å². The lowest BCUT2D eigenvalue weighted by atomic mass is 9.73. The number of anilines is 1. The van der Waals surface area contributed by atoms with Crippen molar-refractivity contribution in [1.82, 2.24) is 14.5 Å². The van der Waals surface area contributed by atoms with Crippen LogP contribution in [0.3, 0.4) is 0 Å². The van der Waals surface area contributed by atoms with Crippen LogP contribution in [-0.4, -0.2) is 57.3 Å². The van der Waals surface area contributed by atoms with E-state index in [-0.39, 0.29) is 23.1 Å². The fraction of sp³-hybridized carbons (Fsp3) is 0.483. The summed E-state index contributed by atoms with van der Waals surface area (Å²) < 4.78 is 34.3. The summed E-state index contributed by atoms with van der Waals surface area (Å²) in [5, 5.41) is 13.9. The summed E-state index contributed by atoms with van der Waals surface area (Å²) in [5.74, 6) is 0.495. The standard InChI is InChI=1S/C29H32F2N4O4/c1-17-11-24(36)35(19-14-28(2,38)15-19)26-21(17)13-20(16-32-26)39-10-9-34-7-5-29(6-8-34)22-12-18(25(30)31)3-4-23(22)33-27(29)37/h3-4,11-13,16,19,25,38H,5-10,14-15H2,1-2H3,(H,33,37)/t19-,28+. The van der Waals surface area contributed by atoms with Crippen LogP contribution in [0, 0.1) is 6.92 Å². The first kappa shape index (κ1) is 25.9. The molecule has 8 nitrogen and oxygen atoms in total. The Labute approximate surface area is 224 Å². The molecule has 4 heterocycles. The van der Waals surface area contributed by atoms with Gasteiger partial charge in [0.15, 0.2) is 0 Å². The number of nitrogens with zero attached hydrogens (tertiary/aromatic N) is 3. The largest absolute Gasteiger partial charge is 0.491 e. The van der Waals surface area contributed by atoms with Crippen LogP contribution in [0.1, 0.15) is 61.8 Å². The summed E-state index contributed by atoms with van der Waals surface area (Å²) >= 11 is 0. The third-order valence-electron chi connectivity index (χ3n) is 8.67. The second-order valence-corrected chi connectivity index (χ2v) is 11.5. The molecular weight excluding hydrogens is 506 g/mol. The van der Waals surface area contributed by atoms with Gasteiger partial charge in [-0.3, -0.25) is 19.1 Å². The first-order valence-electron chi connectivity index (χ1n) is 13.4. The molecule has 0 atom stereocenters. The number of carbonyl (C=O) groups excluding carboxylic acids is 1. The number of likely N-dealkylation sites (tertiary alicyclic amines) is 1. The lowest BCUT2D eigenvalue weighted by Gasteiger charge is -2.42. The lowest BCUT2D eigenvalue weighted by Crippen LogP contribution is -2.47. The molecule has 2 fully saturated rings. The molecule has 2 aliphatic heterocycles. The van der Waals surface area contributed by atoms with Crippen LogP contribution in [0.2, 0.25) is 0 Å². The summed E-state index contributed by atoms with van der Waals surface area (Å²) in [7, 11) is 0. The van der Waals surface area contributed by atoms with Crippen molar-refractivity contribution in [3.05, 3.63) is 63.6 Å². The highest BCUT2D eigenvalue weighted by Gasteiger charge is 2.48. The molecule has 6 rings (SSSR count). The quantitative estimate of drug-likeness (QED) is 0.491. The minimum absolute atomic E-state index is 0.0590. The Bertz CT molecular complexity index is 1500. The van der Waals surface area contributed by atoms with E-state index in [0.717, 1.165) is 10.9 Å². The van der Waals surface area contributed by atoms with E-state index >= 15 is 0 Å². The minimum Gasteiger partial charge on any atom is -0.491 e. The second kappa shape index (κ2) is 9.38. The zero-order chi connectivity index (χ0) is 27.5. The van der Waals surface area contributed by atoms with Gasteiger partial charge in [0.25, 0.3) is 12.0 Å². The Morgan fingerprint density at radius 2 is 1.92 bits per heavy atom. The van der Waals surface area contributed by atoms with E-state index in [1.54, 1.807) is 29.8 Å². The Morgan fingerprint density at radius 1 is 1.18 bits per heavy atom. The van der Waals surface area contributed by atoms with Gasteiger partial charge in [-0.2, -0.15) is 0 Å². The summed E-state index contributed by atoms with van der Waals surface area (Å²) in [4.78, 5) is 32.4. The lowest BCUT2D eigenvalue weighted by molar-refractivity contribution is -0.122. The molecule has 39 heavy (non-hydrogen) atoms. The fourth-order valence-corrected chi connectivity index (χ4v) is 6.44. The fourth-order valence-electron chi connectivity index (χ4n) is 6.44. The van der Waals surface area contributed by atoms with Gasteiger partial charge in [-0.15, -0.1) is 0 Å². The summed E-state index contributed by atoms with van der Waals surface area (Å²) in [6.07, 6.45) is 1.20. The monoisotopic (exact) mass is 538 g/mol. The maximum atomic E-state index is 13.3. The molecule has 1 aliphatic carbocycles. The van der Waals surface area contributed by atoms with Crippen LogP contribution < -0.4 is 15.6 Å². The third kappa shape index (κ3) is 4.49. The average molecular weight is 539 g/mol. The van der Waals surface area contributed by atoms with E-state index in [9.17, 15) is 23.5 Å². The number of rotatable bonds is 6. The molecule has 3 aromatic rings. The van der Waals surface area contributed by atoms with Crippen LogP contribution in [0.15, 0.2) is 41.3 Å². The Balaban J connectivity index is 1.10. The number of halogens is 2. The Kier molecular flexibility index (Phi) is 6.22. The number of aromatic nitrogens is 2. The number of aliphatic hydroxyl groups is 1. The molecule has 10 heteroatoms. The maximum absolute atomic E-state index is 13.3. The number of amides is 1. The molecule has 1 saturated carbocycles. The molecule has 1 saturated heterocycles. The number of pyridine rings is 2. The normalized spacial score (nSPS) is 24.2.